The van der Waals surface area contributed by atoms with Gasteiger partial charge in [0.25, 0.3) is 0 Å². The lowest BCUT2D eigenvalue weighted by atomic mass is 10.1. The van der Waals surface area contributed by atoms with Gasteiger partial charge < -0.3 is 10.1 Å². The Morgan fingerprint density at radius 1 is 1.32 bits per heavy atom. The van der Waals surface area contributed by atoms with E-state index < -0.39 is 0 Å². The Balaban J connectivity index is 2.29. The Morgan fingerprint density at radius 2 is 2.11 bits per heavy atom. The van der Waals surface area contributed by atoms with Crippen LogP contribution in [0.25, 0.3) is 0 Å². The number of tetrazole rings is 1. The molecule has 0 aromatic carbocycles. The summed E-state index contributed by atoms with van der Waals surface area (Å²) in [5.41, 5.74) is 0. The van der Waals surface area contributed by atoms with Crippen LogP contribution in [0.1, 0.15) is 26.7 Å². The normalized spacial score (nSPS) is 11.4. The summed E-state index contributed by atoms with van der Waals surface area (Å²) in [7, 11) is 1.70. The number of ether oxygens (including phenoxy) is 1. The highest BCUT2D eigenvalue weighted by molar-refractivity contribution is 7.99. The molecule has 0 atom stereocenters. The first-order valence-corrected chi connectivity index (χ1v) is 7.88. The monoisotopic (exact) mass is 287 g/mol. The number of hydrogen-bond acceptors (Lipinski definition) is 6. The molecule has 1 heterocycles. The molecule has 1 aromatic rings. The topological polar surface area (TPSA) is 64.9 Å². The summed E-state index contributed by atoms with van der Waals surface area (Å²) >= 11 is 1.75. The maximum atomic E-state index is 4.98. The fraction of sp³-hybridized carbons (Fsp3) is 0.917. The van der Waals surface area contributed by atoms with Gasteiger partial charge in [-0.2, -0.15) is 0 Å². The molecular formula is C12H25N5OS. The van der Waals surface area contributed by atoms with E-state index in [2.05, 4.69) is 34.7 Å². The molecule has 0 bridgehead atoms. The summed E-state index contributed by atoms with van der Waals surface area (Å²) in [6.45, 7) is 7.70. The van der Waals surface area contributed by atoms with Gasteiger partial charge in [-0.1, -0.05) is 38.5 Å². The molecule has 19 heavy (non-hydrogen) atoms. The Kier molecular flexibility index (Phi) is 8.77. The molecule has 0 aliphatic heterocycles. The van der Waals surface area contributed by atoms with Crippen molar-refractivity contribution < 1.29 is 4.74 Å². The zero-order valence-electron chi connectivity index (χ0n) is 12.1. The van der Waals surface area contributed by atoms with Gasteiger partial charge in [0.2, 0.25) is 5.16 Å². The van der Waals surface area contributed by atoms with Crippen LogP contribution in [0.15, 0.2) is 5.16 Å². The predicted octanol–water partition coefficient (Wildman–Crippen LogP) is 1.44. The lowest BCUT2D eigenvalue weighted by Gasteiger charge is -2.11. The summed E-state index contributed by atoms with van der Waals surface area (Å²) in [6.07, 6.45) is 2.42. The minimum absolute atomic E-state index is 0.728. The lowest BCUT2D eigenvalue weighted by Crippen LogP contribution is -2.24. The molecule has 1 aromatic heterocycles. The first kappa shape index (κ1) is 16.4. The lowest BCUT2D eigenvalue weighted by molar-refractivity contribution is 0.199. The van der Waals surface area contributed by atoms with Gasteiger partial charge in [0.15, 0.2) is 0 Å². The van der Waals surface area contributed by atoms with E-state index in [1.807, 2.05) is 4.68 Å². The average Bonchev–Trinajstić information content (AvgIpc) is 2.87. The van der Waals surface area contributed by atoms with Crippen LogP contribution in [0.2, 0.25) is 0 Å². The summed E-state index contributed by atoms with van der Waals surface area (Å²) in [4.78, 5) is 0. The van der Waals surface area contributed by atoms with Crippen molar-refractivity contribution in [3.8, 4) is 0 Å². The molecular weight excluding hydrogens is 262 g/mol. The first-order chi connectivity index (χ1) is 9.31. The van der Waals surface area contributed by atoms with E-state index in [1.54, 1.807) is 18.9 Å². The van der Waals surface area contributed by atoms with E-state index in [4.69, 9.17) is 4.74 Å². The number of nitrogens with one attached hydrogen (secondary N) is 1. The zero-order chi connectivity index (χ0) is 13.9. The van der Waals surface area contributed by atoms with Crippen molar-refractivity contribution in [3.05, 3.63) is 0 Å². The molecule has 0 amide bonds. The van der Waals surface area contributed by atoms with Crippen LogP contribution in [0, 0.1) is 5.92 Å². The number of hydrogen-bond donors (Lipinski definition) is 1. The Morgan fingerprint density at radius 3 is 2.79 bits per heavy atom. The van der Waals surface area contributed by atoms with Crippen LogP contribution in [-0.2, 0) is 11.3 Å². The van der Waals surface area contributed by atoms with Gasteiger partial charge in [-0.05, 0) is 16.3 Å². The van der Waals surface area contributed by atoms with Crippen LogP contribution < -0.4 is 5.32 Å². The van der Waals surface area contributed by atoms with Gasteiger partial charge in [-0.25, -0.2) is 4.68 Å². The third-order valence-electron chi connectivity index (χ3n) is 3.09. The quantitative estimate of drug-likeness (QED) is 0.491. The molecule has 0 aliphatic rings. The van der Waals surface area contributed by atoms with Crippen molar-refractivity contribution in [1.29, 1.82) is 0 Å². The van der Waals surface area contributed by atoms with Crippen molar-refractivity contribution in [2.75, 3.05) is 32.6 Å². The maximum Gasteiger partial charge on any atom is 0.209 e. The summed E-state index contributed by atoms with van der Waals surface area (Å²) in [5.74, 6) is 1.83. The van der Waals surface area contributed by atoms with Gasteiger partial charge >= 0.3 is 0 Å². The number of thioether (sulfide) groups is 1. The summed E-state index contributed by atoms with van der Waals surface area (Å²) in [5, 5.41) is 16.1. The highest BCUT2D eigenvalue weighted by Gasteiger charge is 2.10. The van der Waals surface area contributed by atoms with Crippen molar-refractivity contribution >= 4 is 11.8 Å². The van der Waals surface area contributed by atoms with Crippen molar-refractivity contribution in [3.63, 3.8) is 0 Å². The molecule has 0 fully saturated rings. The highest BCUT2D eigenvalue weighted by Crippen LogP contribution is 2.20. The molecule has 0 saturated carbocycles. The molecule has 110 valence electrons. The van der Waals surface area contributed by atoms with Gasteiger partial charge in [-0.15, -0.1) is 5.10 Å². The SMILES string of the molecule is CCC(CC)CSc1nnnn1CCNCCOC. The summed E-state index contributed by atoms with van der Waals surface area (Å²) < 4.78 is 6.85. The van der Waals surface area contributed by atoms with Crippen LogP contribution in [0.5, 0.6) is 0 Å². The molecule has 1 N–H and O–H groups in total. The molecule has 1 rings (SSSR count). The van der Waals surface area contributed by atoms with Crippen LogP contribution >= 0.6 is 11.8 Å². The van der Waals surface area contributed by atoms with Gasteiger partial charge in [-0.3, -0.25) is 0 Å². The summed E-state index contributed by atoms with van der Waals surface area (Å²) in [6, 6.07) is 0. The number of methoxy groups -OCH3 is 1. The van der Waals surface area contributed by atoms with E-state index in [0.29, 0.717) is 0 Å². The highest BCUT2D eigenvalue weighted by atomic mass is 32.2. The van der Waals surface area contributed by atoms with Gasteiger partial charge in [0, 0.05) is 26.0 Å². The Hall–Kier alpha value is -0.660. The predicted molar refractivity (Wildman–Crippen MR) is 77.4 cm³/mol. The van der Waals surface area contributed by atoms with E-state index in [0.717, 1.165) is 43.1 Å². The fourth-order valence-electron chi connectivity index (χ4n) is 1.64. The van der Waals surface area contributed by atoms with E-state index >= 15 is 0 Å². The van der Waals surface area contributed by atoms with Crippen molar-refractivity contribution in [1.82, 2.24) is 25.5 Å². The Labute approximate surface area is 119 Å². The largest absolute Gasteiger partial charge is 0.383 e. The van der Waals surface area contributed by atoms with Gasteiger partial charge in [0.1, 0.15) is 0 Å². The number of rotatable bonds is 11. The molecule has 0 aliphatic carbocycles. The van der Waals surface area contributed by atoms with Crippen LogP contribution in [0.3, 0.4) is 0 Å². The van der Waals surface area contributed by atoms with E-state index in [1.165, 1.54) is 12.8 Å². The zero-order valence-corrected chi connectivity index (χ0v) is 12.9. The molecule has 6 nitrogen and oxygen atoms in total. The first-order valence-electron chi connectivity index (χ1n) is 6.90. The third-order valence-corrected chi connectivity index (χ3v) is 4.27. The smallest absolute Gasteiger partial charge is 0.209 e. The maximum absolute atomic E-state index is 4.98. The minimum Gasteiger partial charge on any atom is -0.383 e. The Bertz CT molecular complexity index is 330. The molecule has 0 unspecified atom stereocenters. The second kappa shape index (κ2) is 10.2. The van der Waals surface area contributed by atoms with E-state index in [9.17, 15) is 0 Å². The second-order valence-electron chi connectivity index (χ2n) is 4.42. The van der Waals surface area contributed by atoms with E-state index in [-0.39, 0.29) is 0 Å². The standard InChI is InChI=1S/C12H25N5OS/c1-4-11(5-2)10-19-12-14-15-16-17(12)8-6-13-7-9-18-3/h11,13H,4-10H2,1-3H3. The molecule has 0 spiro atoms. The molecule has 7 heteroatoms. The van der Waals surface area contributed by atoms with Gasteiger partial charge in [0.05, 0.1) is 13.2 Å². The third kappa shape index (κ3) is 6.35. The number of aromatic nitrogens is 4. The number of nitrogens with zero attached hydrogens (tertiary/aromatic N) is 4. The average molecular weight is 287 g/mol. The minimum atomic E-state index is 0.728. The molecule has 0 radical (unpaired) electrons. The fourth-order valence-corrected chi connectivity index (χ4v) is 2.87. The second-order valence-corrected chi connectivity index (χ2v) is 5.41. The van der Waals surface area contributed by atoms with Crippen LogP contribution in [-0.4, -0.2) is 52.8 Å². The van der Waals surface area contributed by atoms with Crippen molar-refractivity contribution in [2.24, 2.45) is 5.92 Å². The molecule has 0 saturated heterocycles. The van der Waals surface area contributed by atoms with Crippen LogP contribution in [0.4, 0.5) is 0 Å². The van der Waals surface area contributed by atoms with Crippen molar-refractivity contribution in [2.45, 2.75) is 38.4 Å².